The number of aliphatic hydroxyl groups excluding tert-OH is 1. The summed E-state index contributed by atoms with van der Waals surface area (Å²) in [5.41, 5.74) is 1.98. The number of amides is 1. The zero-order valence-corrected chi connectivity index (χ0v) is 12.1. The molecule has 0 aliphatic heterocycles. The van der Waals surface area contributed by atoms with Crippen molar-refractivity contribution in [1.82, 2.24) is 5.32 Å². The Morgan fingerprint density at radius 3 is 2.45 bits per heavy atom. The van der Waals surface area contributed by atoms with Crippen molar-refractivity contribution >= 4 is 29.1 Å². The number of nitrogens with one attached hydrogen (secondary N) is 1. The number of aliphatic hydroxyl groups is 1. The smallest absolute Gasteiger partial charge is 0.253 e. The largest absolute Gasteiger partial charge is 0.392 e. The summed E-state index contributed by atoms with van der Waals surface area (Å²) < 4.78 is 0. The topological polar surface area (TPSA) is 49.3 Å². The summed E-state index contributed by atoms with van der Waals surface area (Å²) in [5, 5.41) is 12.6. The van der Waals surface area contributed by atoms with Gasteiger partial charge in [0.25, 0.3) is 5.91 Å². The predicted octanol–water partition coefficient (Wildman–Crippen LogP) is 3.42. The van der Waals surface area contributed by atoms with Gasteiger partial charge in [-0.2, -0.15) is 0 Å². The number of benzene rings is 2. The van der Waals surface area contributed by atoms with Crippen LogP contribution >= 0.6 is 23.2 Å². The maximum Gasteiger partial charge on any atom is 0.253 e. The molecule has 2 aromatic carbocycles. The van der Waals surface area contributed by atoms with Crippen molar-refractivity contribution in [2.45, 2.75) is 13.2 Å². The first-order valence-electron chi connectivity index (χ1n) is 6.03. The third kappa shape index (κ3) is 3.31. The van der Waals surface area contributed by atoms with Crippen LogP contribution in [0.25, 0.3) is 0 Å². The number of carbonyl (C=O) groups excluding carboxylic acids is 1. The average molecular weight is 310 g/mol. The highest BCUT2D eigenvalue weighted by Gasteiger charge is 2.12. The Morgan fingerprint density at radius 1 is 1.05 bits per heavy atom. The second-order valence-electron chi connectivity index (χ2n) is 4.21. The van der Waals surface area contributed by atoms with Gasteiger partial charge in [0, 0.05) is 6.54 Å². The minimum atomic E-state index is -0.301. The SMILES string of the molecule is O=C(NCc1ccccc1CO)c1cccc(Cl)c1Cl. The number of hydrogen-bond donors (Lipinski definition) is 2. The lowest BCUT2D eigenvalue weighted by atomic mass is 10.1. The average Bonchev–Trinajstić information content (AvgIpc) is 2.48. The van der Waals surface area contributed by atoms with Gasteiger partial charge in [0.15, 0.2) is 0 Å². The third-order valence-electron chi connectivity index (χ3n) is 2.92. The zero-order valence-electron chi connectivity index (χ0n) is 10.6. The lowest BCUT2D eigenvalue weighted by Gasteiger charge is -2.10. The van der Waals surface area contributed by atoms with E-state index in [1.54, 1.807) is 18.2 Å². The van der Waals surface area contributed by atoms with E-state index in [4.69, 9.17) is 23.2 Å². The summed E-state index contributed by atoms with van der Waals surface area (Å²) in [6, 6.07) is 12.3. The number of carbonyl (C=O) groups is 1. The van der Waals surface area contributed by atoms with Crippen LogP contribution in [0, 0.1) is 0 Å². The molecule has 0 unspecified atom stereocenters. The van der Waals surface area contributed by atoms with Gasteiger partial charge in [-0.3, -0.25) is 4.79 Å². The molecule has 0 atom stereocenters. The van der Waals surface area contributed by atoms with Crippen molar-refractivity contribution in [3.05, 3.63) is 69.2 Å². The van der Waals surface area contributed by atoms with Gasteiger partial charge in [-0.1, -0.05) is 53.5 Å². The molecule has 0 radical (unpaired) electrons. The first kappa shape index (κ1) is 14.9. The normalized spacial score (nSPS) is 10.3. The maximum atomic E-state index is 12.1. The number of hydrogen-bond acceptors (Lipinski definition) is 2. The molecule has 2 rings (SSSR count). The summed E-state index contributed by atoms with van der Waals surface area (Å²) >= 11 is 11.9. The monoisotopic (exact) mass is 309 g/mol. The van der Waals surface area contributed by atoms with Gasteiger partial charge in [0.1, 0.15) is 0 Å². The van der Waals surface area contributed by atoms with Crippen LogP contribution in [-0.4, -0.2) is 11.0 Å². The Labute approximate surface area is 127 Å². The van der Waals surface area contributed by atoms with E-state index in [9.17, 15) is 9.90 Å². The molecule has 5 heteroatoms. The molecule has 20 heavy (non-hydrogen) atoms. The molecule has 0 fully saturated rings. The summed E-state index contributed by atoms with van der Waals surface area (Å²) in [6.45, 7) is 0.252. The maximum absolute atomic E-state index is 12.1. The van der Waals surface area contributed by atoms with Crippen LogP contribution in [0.3, 0.4) is 0 Å². The van der Waals surface area contributed by atoms with Crippen molar-refractivity contribution in [1.29, 1.82) is 0 Å². The van der Waals surface area contributed by atoms with Gasteiger partial charge in [-0.25, -0.2) is 0 Å². The van der Waals surface area contributed by atoms with Crippen molar-refractivity contribution in [3.63, 3.8) is 0 Å². The summed E-state index contributed by atoms with van der Waals surface area (Å²) in [4.78, 5) is 12.1. The van der Waals surface area contributed by atoms with E-state index in [0.29, 0.717) is 17.1 Å². The van der Waals surface area contributed by atoms with Gasteiger partial charge in [0.2, 0.25) is 0 Å². The minimum absolute atomic E-state index is 0.0655. The molecule has 0 aliphatic carbocycles. The predicted molar refractivity (Wildman–Crippen MR) is 80.0 cm³/mol. The molecular weight excluding hydrogens is 297 g/mol. The van der Waals surface area contributed by atoms with Crippen LogP contribution in [0.5, 0.6) is 0 Å². The van der Waals surface area contributed by atoms with E-state index < -0.39 is 0 Å². The second-order valence-corrected chi connectivity index (χ2v) is 5.00. The molecule has 1 amide bonds. The Morgan fingerprint density at radius 2 is 1.75 bits per heavy atom. The molecule has 0 aliphatic rings. The molecular formula is C15H13Cl2NO2. The van der Waals surface area contributed by atoms with E-state index in [1.165, 1.54) is 0 Å². The Hall–Kier alpha value is -1.55. The molecule has 2 N–H and O–H groups in total. The molecule has 0 aromatic heterocycles. The van der Waals surface area contributed by atoms with E-state index in [1.807, 2.05) is 24.3 Å². The fraction of sp³-hybridized carbons (Fsp3) is 0.133. The first-order valence-corrected chi connectivity index (χ1v) is 6.79. The van der Waals surface area contributed by atoms with Crippen LogP contribution in [0.15, 0.2) is 42.5 Å². The van der Waals surface area contributed by atoms with Crippen LogP contribution in [0.4, 0.5) is 0 Å². The van der Waals surface area contributed by atoms with E-state index in [-0.39, 0.29) is 17.5 Å². The van der Waals surface area contributed by atoms with Crippen molar-refractivity contribution in [3.8, 4) is 0 Å². The molecule has 0 saturated heterocycles. The molecule has 2 aromatic rings. The van der Waals surface area contributed by atoms with Gasteiger partial charge < -0.3 is 10.4 Å². The molecule has 0 spiro atoms. The van der Waals surface area contributed by atoms with E-state index in [2.05, 4.69) is 5.32 Å². The quantitative estimate of drug-likeness (QED) is 0.909. The molecule has 3 nitrogen and oxygen atoms in total. The first-order chi connectivity index (χ1) is 9.63. The fourth-order valence-corrected chi connectivity index (χ4v) is 2.22. The summed E-state index contributed by atoms with van der Waals surface area (Å²) in [6.07, 6.45) is 0. The van der Waals surface area contributed by atoms with Gasteiger partial charge in [0.05, 0.1) is 22.2 Å². The van der Waals surface area contributed by atoms with Crippen LogP contribution < -0.4 is 5.32 Å². The van der Waals surface area contributed by atoms with Crippen LogP contribution in [0.1, 0.15) is 21.5 Å². The number of halogens is 2. The lowest BCUT2D eigenvalue weighted by molar-refractivity contribution is 0.0950. The highest BCUT2D eigenvalue weighted by atomic mass is 35.5. The summed E-state index contributed by atoms with van der Waals surface area (Å²) in [7, 11) is 0. The van der Waals surface area contributed by atoms with E-state index in [0.717, 1.165) is 11.1 Å². The molecule has 0 heterocycles. The van der Waals surface area contributed by atoms with Crippen molar-refractivity contribution in [2.75, 3.05) is 0 Å². The second kappa shape index (κ2) is 6.75. The van der Waals surface area contributed by atoms with Gasteiger partial charge in [-0.15, -0.1) is 0 Å². The highest BCUT2D eigenvalue weighted by Crippen LogP contribution is 2.25. The molecule has 0 bridgehead atoms. The Bertz CT molecular complexity index is 629. The van der Waals surface area contributed by atoms with Crippen LogP contribution in [0.2, 0.25) is 10.0 Å². The third-order valence-corrected chi connectivity index (χ3v) is 3.74. The summed E-state index contributed by atoms with van der Waals surface area (Å²) in [5.74, 6) is -0.301. The van der Waals surface area contributed by atoms with Crippen LogP contribution in [-0.2, 0) is 13.2 Å². The Balaban J connectivity index is 2.11. The lowest BCUT2D eigenvalue weighted by Crippen LogP contribution is -2.23. The van der Waals surface area contributed by atoms with Gasteiger partial charge in [-0.05, 0) is 23.3 Å². The van der Waals surface area contributed by atoms with Gasteiger partial charge >= 0.3 is 0 Å². The minimum Gasteiger partial charge on any atom is -0.392 e. The Kier molecular flexibility index (Phi) is 5.01. The molecule has 104 valence electrons. The van der Waals surface area contributed by atoms with Crippen molar-refractivity contribution < 1.29 is 9.90 Å². The fourth-order valence-electron chi connectivity index (χ4n) is 1.83. The van der Waals surface area contributed by atoms with Crippen molar-refractivity contribution in [2.24, 2.45) is 0 Å². The van der Waals surface area contributed by atoms with E-state index >= 15 is 0 Å². The molecule has 0 saturated carbocycles. The zero-order chi connectivity index (χ0) is 14.5. The standard InChI is InChI=1S/C15H13Cl2NO2/c16-13-7-3-6-12(14(13)17)15(20)18-8-10-4-1-2-5-11(10)9-19/h1-7,19H,8-9H2,(H,18,20). The highest BCUT2D eigenvalue weighted by molar-refractivity contribution is 6.43. The number of rotatable bonds is 4.